The van der Waals surface area contributed by atoms with Crippen LogP contribution in [-0.4, -0.2) is 19.0 Å². The summed E-state index contributed by atoms with van der Waals surface area (Å²) in [6, 6.07) is 5.50. The Bertz CT molecular complexity index is 374. The van der Waals surface area contributed by atoms with Crippen molar-refractivity contribution in [2.45, 2.75) is 20.3 Å². The summed E-state index contributed by atoms with van der Waals surface area (Å²) < 4.78 is 12.7. The molecule has 0 heterocycles. The summed E-state index contributed by atoms with van der Waals surface area (Å²) in [5.41, 5.74) is 5.94. The lowest BCUT2D eigenvalue weighted by atomic mass is 9.89. The molecule has 1 aromatic rings. The molecule has 3 nitrogen and oxygen atoms in total. The number of nitrogens with one attached hydrogen (secondary N) is 1. The van der Waals surface area contributed by atoms with Gasteiger partial charge >= 0.3 is 0 Å². The highest BCUT2D eigenvalue weighted by atomic mass is 19.1. The summed E-state index contributed by atoms with van der Waals surface area (Å²) >= 11 is 0. The predicted octanol–water partition coefficient (Wildman–Crippen LogP) is 1.93. The van der Waals surface area contributed by atoms with Crippen LogP contribution in [0.15, 0.2) is 24.3 Å². The molecule has 1 rings (SSSR count). The van der Waals surface area contributed by atoms with Gasteiger partial charge in [-0.05, 0) is 42.6 Å². The van der Waals surface area contributed by atoms with Gasteiger partial charge in [0.05, 0.1) is 0 Å². The molecule has 0 aliphatic carbocycles. The summed E-state index contributed by atoms with van der Waals surface area (Å²) in [6.45, 7) is 5.25. The zero-order chi connectivity index (χ0) is 12.9. The van der Waals surface area contributed by atoms with Crippen LogP contribution in [0.4, 0.5) is 4.39 Å². The maximum atomic E-state index is 12.7. The van der Waals surface area contributed by atoms with Crippen molar-refractivity contribution in [1.29, 1.82) is 0 Å². The second kappa shape index (κ2) is 5.77. The Kier molecular flexibility index (Phi) is 4.63. The second-order valence-electron chi connectivity index (χ2n) is 4.89. The number of hydrogen-bond acceptors (Lipinski definition) is 2. The van der Waals surface area contributed by atoms with Crippen LogP contribution in [0.25, 0.3) is 0 Å². The SMILES string of the molecule is CC(C)(CCN)CNC(=O)c1ccc(F)cc1. The zero-order valence-corrected chi connectivity index (χ0v) is 10.3. The highest BCUT2D eigenvalue weighted by Crippen LogP contribution is 2.17. The quantitative estimate of drug-likeness (QED) is 0.823. The Morgan fingerprint density at radius 1 is 1.35 bits per heavy atom. The second-order valence-corrected chi connectivity index (χ2v) is 4.89. The highest BCUT2D eigenvalue weighted by Gasteiger charge is 2.18. The molecule has 0 spiro atoms. The van der Waals surface area contributed by atoms with E-state index in [1.807, 2.05) is 13.8 Å². The number of nitrogens with two attached hydrogens (primary N) is 1. The number of hydrogen-bond donors (Lipinski definition) is 2. The van der Waals surface area contributed by atoms with Crippen LogP contribution in [0.1, 0.15) is 30.6 Å². The zero-order valence-electron chi connectivity index (χ0n) is 10.3. The topological polar surface area (TPSA) is 55.1 Å². The van der Waals surface area contributed by atoms with Gasteiger partial charge < -0.3 is 11.1 Å². The number of halogens is 1. The van der Waals surface area contributed by atoms with E-state index in [9.17, 15) is 9.18 Å². The molecule has 1 amide bonds. The molecule has 0 bridgehead atoms. The van der Waals surface area contributed by atoms with Gasteiger partial charge in [-0.15, -0.1) is 0 Å². The molecule has 3 N–H and O–H groups in total. The molecule has 17 heavy (non-hydrogen) atoms. The fourth-order valence-electron chi connectivity index (χ4n) is 1.50. The van der Waals surface area contributed by atoms with Crippen molar-refractivity contribution < 1.29 is 9.18 Å². The minimum atomic E-state index is -0.343. The fraction of sp³-hybridized carbons (Fsp3) is 0.462. The van der Waals surface area contributed by atoms with E-state index in [0.717, 1.165) is 6.42 Å². The lowest BCUT2D eigenvalue weighted by molar-refractivity contribution is 0.0935. The monoisotopic (exact) mass is 238 g/mol. The third kappa shape index (κ3) is 4.53. The smallest absolute Gasteiger partial charge is 0.251 e. The van der Waals surface area contributed by atoms with Crippen LogP contribution in [0.5, 0.6) is 0 Å². The number of amides is 1. The molecule has 0 atom stereocenters. The summed E-state index contributed by atoms with van der Waals surface area (Å²) in [4.78, 5) is 11.7. The molecule has 0 aliphatic rings. The van der Waals surface area contributed by atoms with Gasteiger partial charge in [-0.1, -0.05) is 13.8 Å². The maximum Gasteiger partial charge on any atom is 0.251 e. The molecule has 0 saturated heterocycles. The van der Waals surface area contributed by atoms with Gasteiger partial charge in [0.2, 0.25) is 0 Å². The average molecular weight is 238 g/mol. The molecular formula is C13H19FN2O. The van der Waals surface area contributed by atoms with E-state index in [4.69, 9.17) is 5.73 Å². The van der Waals surface area contributed by atoms with E-state index < -0.39 is 0 Å². The Morgan fingerprint density at radius 3 is 2.47 bits per heavy atom. The first-order valence-corrected chi connectivity index (χ1v) is 5.68. The van der Waals surface area contributed by atoms with Crippen molar-refractivity contribution in [3.05, 3.63) is 35.6 Å². The first-order valence-electron chi connectivity index (χ1n) is 5.68. The van der Waals surface area contributed by atoms with E-state index in [1.54, 1.807) is 0 Å². The Morgan fingerprint density at radius 2 is 1.94 bits per heavy atom. The van der Waals surface area contributed by atoms with Gasteiger partial charge in [0.1, 0.15) is 5.82 Å². The fourth-order valence-corrected chi connectivity index (χ4v) is 1.50. The van der Waals surface area contributed by atoms with Gasteiger partial charge in [0.15, 0.2) is 0 Å². The van der Waals surface area contributed by atoms with Gasteiger partial charge in [0.25, 0.3) is 5.91 Å². The van der Waals surface area contributed by atoms with Crippen molar-refractivity contribution in [2.75, 3.05) is 13.1 Å². The van der Waals surface area contributed by atoms with Gasteiger partial charge in [0, 0.05) is 12.1 Å². The molecule has 0 radical (unpaired) electrons. The third-order valence-electron chi connectivity index (χ3n) is 2.66. The summed E-state index contributed by atoms with van der Waals surface area (Å²) in [5, 5.41) is 2.83. The number of rotatable bonds is 5. The maximum absolute atomic E-state index is 12.7. The molecule has 0 aromatic heterocycles. The van der Waals surface area contributed by atoms with Crippen LogP contribution >= 0.6 is 0 Å². The van der Waals surface area contributed by atoms with Crippen molar-refractivity contribution >= 4 is 5.91 Å². The lowest BCUT2D eigenvalue weighted by Crippen LogP contribution is -2.35. The third-order valence-corrected chi connectivity index (χ3v) is 2.66. The van der Waals surface area contributed by atoms with Crippen molar-refractivity contribution in [3.63, 3.8) is 0 Å². The van der Waals surface area contributed by atoms with E-state index in [2.05, 4.69) is 5.32 Å². The van der Waals surface area contributed by atoms with Gasteiger partial charge in [-0.25, -0.2) is 4.39 Å². The Labute approximate surface area is 101 Å². The molecule has 4 heteroatoms. The predicted molar refractivity (Wildman–Crippen MR) is 66.2 cm³/mol. The Hall–Kier alpha value is -1.42. The lowest BCUT2D eigenvalue weighted by Gasteiger charge is -2.24. The molecule has 0 unspecified atom stereocenters. The Balaban J connectivity index is 2.53. The first-order chi connectivity index (χ1) is 7.94. The largest absolute Gasteiger partial charge is 0.352 e. The van der Waals surface area contributed by atoms with E-state index >= 15 is 0 Å². The number of carbonyl (C=O) groups is 1. The van der Waals surface area contributed by atoms with Crippen molar-refractivity contribution in [2.24, 2.45) is 11.1 Å². The van der Waals surface area contributed by atoms with Crippen LogP contribution in [0.2, 0.25) is 0 Å². The molecular weight excluding hydrogens is 219 g/mol. The molecule has 0 fully saturated rings. The minimum Gasteiger partial charge on any atom is -0.352 e. The molecule has 0 saturated carbocycles. The minimum absolute atomic E-state index is 0.0234. The average Bonchev–Trinajstić information content (AvgIpc) is 2.27. The van der Waals surface area contributed by atoms with Crippen molar-refractivity contribution in [1.82, 2.24) is 5.32 Å². The van der Waals surface area contributed by atoms with E-state index in [0.29, 0.717) is 18.7 Å². The van der Waals surface area contributed by atoms with Gasteiger partial charge in [-0.2, -0.15) is 0 Å². The summed E-state index contributed by atoms with van der Waals surface area (Å²) in [5.74, 6) is -0.528. The molecule has 94 valence electrons. The molecule has 1 aromatic carbocycles. The highest BCUT2D eigenvalue weighted by molar-refractivity contribution is 5.94. The number of carbonyl (C=O) groups excluding carboxylic acids is 1. The van der Waals surface area contributed by atoms with Gasteiger partial charge in [-0.3, -0.25) is 4.79 Å². The van der Waals surface area contributed by atoms with Crippen LogP contribution < -0.4 is 11.1 Å². The molecule has 0 aliphatic heterocycles. The first kappa shape index (κ1) is 13.6. The summed E-state index contributed by atoms with van der Waals surface area (Å²) in [6.07, 6.45) is 0.844. The van der Waals surface area contributed by atoms with Crippen LogP contribution in [-0.2, 0) is 0 Å². The van der Waals surface area contributed by atoms with E-state index in [-0.39, 0.29) is 17.1 Å². The van der Waals surface area contributed by atoms with Crippen LogP contribution in [0, 0.1) is 11.2 Å². The van der Waals surface area contributed by atoms with Crippen molar-refractivity contribution in [3.8, 4) is 0 Å². The normalized spacial score (nSPS) is 11.3. The van der Waals surface area contributed by atoms with Crippen LogP contribution in [0.3, 0.4) is 0 Å². The van der Waals surface area contributed by atoms with E-state index in [1.165, 1.54) is 24.3 Å². The standard InChI is InChI=1S/C13H19FN2O/c1-13(2,7-8-15)9-16-12(17)10-3-5-11(14)6-4-10/h3-6H,7-9,15H2,1-2H3,(H,16,17). The number of benzene rings is 1. The summed E-state index contributed by atoms with van der Waals surface area (Å²) in [7, 11) is 0.